The molecule has 0 amide bonds. The van der Waals surface area contributed by atoms with E-state index >= 15 is 0 Å². The molecule has 0 aliphatic rings. The van der Waals surface area contributed by atoms with E-state index in [-0.39, 0.29) is 11.5 Å². The van der Waals surface area contributed by atoms with Crippen LogP contribution < -0.4 is 8.92 Å². The highest BCUT2D eigenvalue weighted by molar-refractivity contribution is 7.95. The Bertz CT molecular complexity index is 1060. The van der Waals surface area contributed by atoms with Crippen LogP contribution >= 0.6 is 0 Å². The number of sulfonamides is 1. The zero-order chi connectivity index (χ0) is 26.2. The van der Waals surface area contributed by atoms with E-state index < -0.39 is 27.0 Å². The molecule has 0 bridgehead atoms. The van der Waals surface area contributed by atoms with Crippen LogP contribution in [0.3, 0.4) is 0 Å². The minimum absolute atomic E-state index is 0.263. The fraction of sp³-hybridized carbons (Fsp3) is 0.556. The summed E-state index contributed by atoms with van der Waals surface area (Å²) >= 11 is 0. The molecule has 2 aromatic carbocycles. The molecule has 2 aromatic rings. The van der Waals surface area contributed by atoms with Gasteiger partial charge >= 0.3 is 0 Å². The van der Waals surface area contributed by atoms with Crippen LogP contribution in [-0.4, -0.2) is 33.5 Å². The average Bonchev–Trinajstić information content (AvgIpc) is 2.83. The lowest BCUT2D eigenvalue weighted by molar-refractivity contribution is 0.0920. The van der Waals surface area contributed by atoms with E-state index in [2.05, 4.69) is 10.7 Å². The SMILES string of the molecule is CCCCCCCCCCOc1ccc(-c2ccc(O[S-](=O)=NS(=O)(=O)CC(C)OCC)cc2)cc1. The molecule has 0 spiro atoms. The standard InChI is InChI=1S/C27H40NO6S2/c1-4-6-7-8-9-10-11-12-21-33-26-17-13-24(14-18-26)25-15-19-27(20-16-25)34-35(29)28-36(30,31)22-23(3)32-5-2/h13-20,23H,4-12,21-22H2,1-3H3/q-1. The molecule has 0 N–H and O–H groups in total. The second kappa shape index (κ2) is 16.6. The van der Waals surface area contributed by atoms with Crippen molar-refractivity contribution in [3.63, 3.8) is 0 Å². The maximum Gasteiger partial charge on any atom is 0.236 e. The van der Waals surface area contributed by atoms with Gasteiger partial charge in [-0.3, -0.25) is 0 Å². The third-order valence-corrected chi connectivity index (χ3v) is 8.17. The van der Waals surface area contributed by atoms with Crippen LogP contribution in [0.25, 0.3) is 11.1 Å². The first kappa shape index (κ1) is 30.1. The summed E-state index contributed by atoms with van der Waals surface area (Å²) in [7, 11) is -6.29. The van der Waals surface area contributed by atoms with E-state index in [1.165, 1.54) is 44.9 Å². The molecule has 0 aliphatic carbocycles. The summed E-state index contributed by atoms with van der Waals surface area (Å²) in [5.74, 6) is 0.756. The van der Waals surface area contributed by atoms with Crippen molar-refractivity contribution in [3.8, 4) is 22.6 Å². The van der Waals surface area contributed by atoms with E-state index in [1.54, 1.807) is 26.0 Å². The summed E-state index contributed by atoms with van der Waals surface area (Å²) < 4.78 is 55.6. The zero-order valence-electron chi connectivity index (χ0n) is 21.7. The molecule has 0 fully saturated rings. The van der Waals surface area contributed by atoms with Crippen molar-refractivity contribution in [3.05, 3.63) is 48.5 Å². The summed E-state index contributed by atoms with van der Waals surface area (Å²) in [6, 6.07) is 14.8. The van der Waals surface area contributed by atoms with E-state index in [0.717, 1.165) is 29.9 Å². The molecule has 0 saturated carbocycles. The zero-order valence-corrected chi connectivity index (χ0v) is 23.3. The molecule has 9 heteroatoms. The van der Waals surface area contributed by atoms with Gasteiger partial charge in [-0.25, -0.2) is 12.2 Å². The molecular weight excluding hydrogens is 498 g/mol. The lowest BCUT2D eigenvalue weighted by Gasteiger charge is -2.13. The summed E-state index contributed by atoms with van der Waals surface area (Å²) in [5, 5.41) is 0. The van der Waals surface area contributed by atoms with Crippen molar-refractivity contribution >= 4 is 20.9 Å². The first-order valence-electron chi connectivity index (χ1n) is 12.8. The van der Waals surface area contributed by atoms with Gasteiger partial charge in [0, 0.05) is 17.5 Å². The fourth-order valence-electron chi connectivity index (χ4n) is 3.72. The van der Waals surface area contributed by atoms with Gasteiger partial charge in [-0.05, 0) is 55.7 Å². The molecule has 7 nitrogen and oxygen atoms in total. The Kier molecular flexibility index (Phi) is 13.9. The molecule has 0 heterocycles. The molecule has 0 radical (unpaired) electrons. The molecular formula is C27H40NO6S2-. The summed E-state index contributed by atoms with van der Waals surface area (Å²) in [4.78, 5) is 0. The molecule has 0 saturated heterocycles. The Balaban J connectivity index is 1.79. The van der Waals surface area contributed by atoms with Crippen molar-refractivity contribution in [1.29, 1.82) is 0 Å². The van der Waals surface area contributed by atoms with Crippen LogP contribution in [0.1, 0.15) is 72.1 Å². The lowest BCUT2D eigenvalue weighted by Crippen LogP contribution is -2.20. The summed E-state index contributed by atoms with van der Waals surface area (Å²) in [5.41, 5.74) is 1.94. The first-order chi connectivity index (χ1) is 17.3. The van der Waals surface area contributed by atoms with Crippen molar-refractivity contribution in [2.75, 3.05) is 19.0 Å². The van der Waals surface area contributed by atoms with Crippen LogP contribution in [0.5, 0.6) is 11.5 Å². The van der Waals surface area contributed by atoms with Gasteiger partial charge in [0.2, 0.25) is 10.0 Å². The molecule has 202 valence electrons. The minimum Gasteiger partial charge on any atom is -0.546 e. The van der Waals surface area contributed by atoms with E-state index in [0.29, 0.717) is 6.61 Å². The third kappa shape index (κ3) is 12.2. The Morgan fingerprint density at radius 3 is 1.89 bits per heavy atom. The largest absolute Gasteiger partial charge is 0.546 e. The lowest BCUT2D eigenvalue weighted by atomic mass is 10.1. The van der Waals surface area contributed by atoms with E-state index in [9.17, 15) is 12.6 Å². The van der Waals surface area contributed by atoms with Gasteiger partial charge in [0.1, 0.15) is 11.5 Å². The number of hydrogen-bond donors (Lipinski definition) is 0. The topological polar surface area (TPSA) is 91.3 Å². The summed E-state index contributed by atoms with van der Waals surface area (Å²) in [6.45, 7) is 6.74. The normalized spacial score (nSPS) is 13.4. The van der Waals surface area contributed by atoms with Crippen LogP contribution in [0.2, 0.25) is 0 Å². The molecule has 1 unspecified atom stereocenters. The Morgan fingerprint density at radius 1 is 0.806 bits per heavy atom. The van der Waals surface area contributed by atoms with Crippen LogP contribution in [0, 0.1) is 0 Å². The number of ether oxygens (including phenoxy) is 2. The Labute approximate surface area is 219 Å². The summed E-state index contributed by atoms with van der Waals surface area (Å²) in [6.07, 6.45) is 9.64. The monoisotopic (exact) mass is 538 g/mol. The van der Waals surface area contributed by atoms with Gasteiger partial charge in [-0.2, -0.15) is 0 Å². The predicted octanol–water partition coefficient (Wildman–Crippen LogP) is 7.07. The van der Waals surface area contributed by atoms with Gasteiger partial charge in [-0.1, -0.05) is 76.1 Å². The smallest absolute Gasteiger partial charge is 0.236 e. The second-order valence-electron chi connectivity index (χ2n) is 8.76. The highest BCUT2D eigenvalue weighted by atomic mass is 32.3. The van der Waals surface area contributed by atoms with Crippen molar-refractivity contribution in [2.45, 2.75) is 78.2 Å². The number of benzene rings is 2. The van der Waals surface area contributed by atoms with Crippen LogP contribution in [-0.2, 0) is 29.8 Å². The van der Waals surface area contributed by atoms with E-state index in [4.69, 9.17) is 13.7 Å². The minimum atomic E-state index is -3.93. The number of hydrogen-bond acceptors (Lipinski definition) is 7. The molecule has 1 atom stereocenters. The molecule has 0 aliphatic heterocycles. The quantitative estimate of drug-likeness (QED) is 0.149. The van der Waals surface area contributed by atoms with Crippen LogP contribution in [0.4, 0.5) is 0 Å². The highest BCUT2D eigenvalue weighted by Crippen LogP contribution is 2.25. The van der Waals surface area contributed by atoms with E-state index in [1.807, 2.05) is 36.4 Å². The van der Waals surface area contributed by atoms with Crippen molar-refractivity contribution < 1.29 is 26.3 Å². The Morgan fingerprint density at radius 2 is 1.33 bits per heavy atom. The predicted molar refractivity (Wildman–Crippen MR) is 146 cm³/mol. The van der Waals surface area contributed by atoms with Crippen molar-refractivity contribution in [1.82, 2.24) is 0 Å². The number of unbranched alkanes of at least 4 members (excludes halogenated alkanes) is 7. The first-order valence-corrected chi connectivity index (χ1v) is 15.5. The second-order valence-corrected chi connectivity index (χ2v) is 11.5. The van der Waals surface area contributed by atoms with Gasteiger partial charge in [0.15, 0.2) is 0 Å². The van der Waals surface area contributed by atoms with Gasteiger partial charge in [0.05, 0.1) is 18.5 Å². The van der Waals surface area contributed by atoms with Gasteiger partial charge < -0.3 is 17.9 Å². The maximum absolute atomic E-state index is 12.0. The maximum atomic E-state index is 12.0. The molecule has 2 rings (SSSR count). The highest BCUT2D eigenvalue weighted by Gasteiger charge is 2.12. The average molecular weight is 539 g/mol. The van der Waals surface area contributed by atoms with Gasteiger partial charge in [0.25, 0.3) is 0 Å². The number of rotatable bonds is 18. The van der Waals surface area contributed by atoms with Crippen LogP contribution in [0.15, 0.2) is 52.3 Å². The third-order valence-electron chi connectivity index (χ3n) is 5.55. The molecule has 0 aromatic heterocycles. The van der Waals surface area contributed by atoms with Gasteiger partial charge in [-0.15, -0.1) is 0 Å². The van der Waals surface area contributed by atoms with Crippen molar-refractivity contribution in [2.24, 2.45) is 3.77 Å². The Hall–Kier alpha value is -2.10. The number of nitrogens with zero attached hydrogens (tertiary/aromatic N) is 1. The fourth-order valence-corrected chi connectivity index (χ4v) is 5.79. The molecule has 36 heavy (non-hydrogen) atoms.